The lowest BCUT2D eigenvalue weighted by Gasteiger charge is -2.20. The van der Waals surface area contributed by atoms with Crippen molar-refractivity contribution in [2.45, 2.75) is 12.8 Å². The zero-order chi connectivity index (χ0) is 9.97. The molecule has 2 heterocycles. The fourth-order valence-electron chi connectivity index (χ4n) is 1.73. The number of carbonyl (C=O) groups is 1. The molecule has 0 amide bonds. The zero-order valence-corrected chi connectivity index (χ0v) is 9.33. The van der Waals surface area contributed by atoms with Gasteiger partial charge in [-0.2, -0.15) is 0 Å². The number of piperidine rings is 1. The van der Waals surface area contributed by atoms with Crippen LogP contribution in [0.5, 0.6) is 0 Å². The van der Waals surface area contributed by atoms with Gasteiger partial charge in [0.2, 0.25) is 0 Å². The van der Waals surface area contributed by atoms with Gasteiger partial charge in [-0.25, -0.2) is 0 Å². The molecule has 1 aromatic rings. The summed E-state index contributed by atoms with van der Waals surface area (Å²) in [6.07, 6.45) is 1.50. The van der Waals surface area contributed by atoms with Gasteiger partial charge in [0.1, 0.15) is 5.78 Å². The van der Waals surface area contributed by atoms with Gasteiger partial charge in [0.25, 0.3) is 0 Å². The maximum absolute atomic E-state index is 11.5. The fraction of sp³-hybridized carbons (Fsp3) is 0.500. The minimum Gasteiger partial charge on any atom is -0.316 e. The Balaban J connectivity index is 1.99. The summed E-state index contributed by atoms with van der Waals surface area (Å²) >= 11 is 7.36. The first-order valence-electron chi connectivity index (χ1n) is 4.72. The Labute approximate surface area is 92.3 Å². The molecule has 1 atom stereocenters. The van der Waals surface area contributed by atoms with Crippen LogP contribution >= 0.6 is 22.9 Å². The molecule has 0 bridgehead atoms. The number of hydrogen-bond acceptors (Lipinski definition) is 3. The van der Waals surface area contributed by atoms with Crippen LogP contribution < -0.4 is 5.32 Å². The van der Waals surface area contributed by atoms with Gasteiger partial charge >= 0.3 is 0 Å². The first kappa shape index (κ1) is 10.1. The second-order valence-corrected chi connectivity index (χ2v) is 5.12. The molecule has 0 aromatic carbocycles. The van der Waals surface area contributed by atoms with Crippen molar-refractivity contribution >= 4 is 28.7 Å². The minimum absolute atomic E-state index is 0.148. The van der Waals surface area contributed by atoms with E-state index in [1.807, 2.05) is 11.4 Å². The minimum atomic E-state index is 0.148. The highest BCUT2D eigenvalue weighted by molar-refractivity contribution is 7.14. The predicted octanol–water partition coefficient (Wildman–Crippen LogP) is 2.12. The Kier molecular flexibility index (Phi) is 3.21. The van der Waals surface area contributed by atoms with E-state index in [0.29, 0.717) is 12.2 Å². The van der Waals surface area contributed by atoms with Crippen LogP contribution in [-0.4, -0.2) is 18.9 Å². The van der Waals surface area contributed by atoms with Crippen LogP contribution in [0.25, 0.3) is 0 Å². The van der Waals surface area contributed by atoms with E-state index in [2.05, 4.69) is 5.32 Å². The van der Waals surface area contributed by atoms with Crippen LogP contribution in [0, 0.1) is 5.92 Å². The molecule has 1 N–H and O–H groups in total. The smallest absolute Gasteiger partial charge is 0.138 e. The second-order valence-electron chi connectivity index (χ2n) is 3.58. The lowest BCUT2D eigenvalue weighted by atomic mass is 9.92. The highest BCUT2D eigenvalue weighted by Gasteiger charge is 2.22. The van der Waals surface area contributed by atoms with Crippen molar-refractivity contribution in [3.63, 3.8) is 0 Å². The summed E-state index contributed by atoms with van der Waals surface area (Å²) in [4.78, 5) is 11.5. The summed E-state index contributed by atoms with van der Waals surface area (Å²) in [7, 11) is 0. The number of halogens is 1. The van der Waals surface area contributed by atoms with Crippen molar-refractivity contribution in [1.29, 1.82) is 0 Å². The van der Waals surface area contributed by atoms with Crippen LogP contribution in [0.4, 0.5) is 0 Å². The lowest BCUT2D eigenvalue weighted by molar-refractivity contribution is -0.123. The molecular weight excluding hydrogens is 218 g/mol. The molecule has 76 valence electrons. The highest BCUT2D eigenvalue weighted by atomic mass is 35.5. The number of hydrogen-bond donors (Lipinski definition) is 1. The van der Waals surface area contributed by atoms with E-state index in [-0.39, 0.29) is 5.92 Å². The van der Waals surface area contributed by atoms with Crippen LogP contribution in [0.3, 0.4) is 0 Å². The third-order valence-electron chi connectivity index (χ3n) is 2.50. The predicted molar refractivity (Wildman–Crippen MR) is 59.0 cm³/mol. The summed E-state index contributed by atoms with van der Waals surface area (Å²) in [5, 5.41) is 5.27. The van der Waals surface area contributed by atoms with E-state index in [1.54, 1.807) is 0 Å². The van der Waals surface area contributed by atoms with Gasteiger partial charge in [0, 0.05) is 25.4 Å². The molecule has 1 fully saturated rings. The van der Waals surface area contributed by atoms with Gasteiger partial charge < -0.3 is 5.32 Å². The first-order valence-corrected chi connectivity index (χ1v) is 5.98. The molecule has 0 saturated carbocycles. The molecule has 1 aromatic heterocycles. The number of carbonyl (C=O) groups excluding carboxylic acids is 1. The van der Waals surface area contributed by atoms with Crippen molar-refractivity contribution in [1.82, 2.24) is 5.32 Å². The van der Waals surface area contributed by atoms with Crippen LogP contribution in [-0.2, 0) is 11.2 Å². The number of Topliss-reactive ketones (excluding diaryl/α,β-unsaturated/α-hetero) is 1. The third-order valence-corrected chi connectivity index (χ3v) is 3.64. The van der Waals surface area contributed by atoms with Crippen LogP contribution in [0.15, 0.2) is 11.4 Å². The van der Waals surface area contributed by atoms with Gasteiger partial charge in [-0.05, 0) is 23.4 Å². The number of nitrogens with one attached hydrogen (secondary N) is 1. The van der Waals surface area contributed by atoms with Gasteiger partial charge in [0.05, 0.1) is 4.34 Å². The average molecular weight is 230 g/mol. The Morgan fingerprint density at radius 3 is 3.14 bits per heavy atom. The molecule has 0 radical (unpaired) electrons. The van der Waals surface area contributed by atoms with Crippen LogP contribution in [0.1, 0.15) is 12.0 Å². The maximum Gasteiger partial charge on any atom is 0.138 e. The van der Waals surface area contributed by atoms with Gasteiger partial charge in [-0.1, -0.05) is 11.6 Å². The Hall–Kier alpha value is -0.380. The lowest BCUT2D eigenvalue weighted by Crippen LogP contribution is -2.37. The van der Waals surface area contributed by atoms with E-state index < -0.39 is 0 Å². The summed E-state index contributed by atoms with van der Waals surface area (Å²) in [5.74, 6) is 0.528. The maximum atomic E-state index is 11.5. The second kappa shape index (κ2) is 4.43. The number of rotatable bonds is 2. The monoisotopic (exact) mass is 229 g/mol. The van der Waals surface area contributed by atoms with E-state index in [9.17, 15) is 4.79 Å². The molecule has 4 heteroatoms. The Bertz CT molecular complexity index is 337. The molecule has 1 unspecified atom stereocenters. The van der Waals surface area contributed by atoms with Crippen molar-refractivity contribution in [3.05, 3.63) is 21.3 Å². The molecular formula is C10H12ClNOS. The molecule has 2 nitrogen and oxygen atoms in total. The van der Waals surface area contributed by atoms with Gasteiger partial charge in [-0.3, -0.25) is 4.79 Å². The molecule has 0 aliphatic carbocycles. The largest absolute Gasteiger partial charge is 0.316 e. The molecule has 0 spiro atoms. The summed E-state index contributed by atoms with van der Waals surface area (Å²) in [5.41, 5.74) is 1.18. The molecule has 2 rings (SSSR count). The molecule has 1 aliphatic rings. The average Bonchev–Trinajstić information content (AvgIpc) is 2.56. The van der Waals surface area contributed by atoms with Gasteiger partial charge in [-0.15, -0.1) is 11.3 Å². The van der Waals surface area contributed by atoms with Crippen molar-refractivity contribution in [2.24, 2.45) is 5.92 Å². The van der Waals surface area contributed by atoms with E-state index in [1.165, 1.54) is 16.9 Å². The topological polar surface area (TPSA) is 29.1 Å². The van der Waals surface area contributed by atoms with Crippen LogP contribution in [0.2, 0.25) is 4.34 Å². The molecule has 1 saturated heterocycles. The fourth-order valence-corrected chi connectivity index (χ4v) is 2.65. The third kappa shape index (κ3) is 2.35. The summed E-state index contributed by atoms with van der Waals surface area (Å²) in [6.45, 7) is 1.64. The quantitative estimate of drug-likeness (QED) is 0.842. The SMILES string of the molecule is O=C1CCNCC1Cc1csc(Cl)c1. The standard InChI is InChI=1S/C10H12ClNOS/c11-10-4-7(6-14-10)3-8-5-12-2-1-9(8)13/h4,6,8,12H,1-3,5H2. The first-order chi connectivity index (χ1) is 6.75. The van der Waals surface area contributed by atoms with E-state index >= 15 is 0 Å². The Morgan fingerprint density at radius 1 is 1.64 bits per heavy atom. The van der Waals surface area contributed by atoms with Crippen molar-refractivity contribution < 1.29 is 4.79 Å². The molecule has 1 aliphatic heterocycles. The summed E-state index contributed by atoms with van der Waals surface area (Å²) in [6, 6.07) is 1.95. The Morgan fingerprint density at radius 2 is 2.50 bits per heavy atom. The van der Waals surface area contributed by atoms with E-state index in [4.69, 9.17) is 11.6 Å². The zero-order valence-electron chi connectivity index (χ0n) is 7.75. The van der Waals surface area contributed by atoms with Crippen molar-refractivity contribution in [3.8, 4) is 0 Å². The molecule has 14 heavy (non-hydrogen) atoms. The van der Waals surface area contributed by atoms with E-state index in [0.717, 1.165) is 23.8 Å². The van der Waals surface area contributed by atoms with Crippen molar-refractivity contribution in [2.75, 3.05) is 13.1 Å². The number of thiophene rings is 1. The van der Waals surface area contributed by atoms with Gasteiger partial charge in [0.15, 0.2) is 0 Å². The summed E-state index contributed by atoms with van der Waals surface area (Å²) < 4.78 is 0.802. The normalized spacial score (nSPS) is 22.6. The number of ketones is 1. The highest BCUT2D eigenvalue weighted by Crippen LogP contribution is 2.23.